The summed E-state index contributed by atoms with van der Waals surface area (Å²) in [7, 11) is 0. The molecule has 0 aliphatic carbocycles. The molecule has 1 aliphatic rings. The second-order valence-corrected chi connectivity index (χ2v) is 9.31. The van der Waals surface area contributed by atoms with Crippen molar-refractivity contribution in [2.75, 3.05) is 5.32 Å². The number of hydrogen-bond acceptors (Lipinski definition) is 4. The molecule has 3 aromatic rings. The van der Waals surface area contributed by atoms with E-state index in [1.165, 1.54) is 10.2 Å². The van der Waals surface area contributed by atoms with Crippen LogP contribution in [0.2, 0.25) is 0 Å². The fourth-order valence-electron chi connectivity index (χ4n) is 3.20. The number of fused-ring (bicyclic) bond motifs is 3. The first-order valence-electron chi connectivity index (χ1n) is 8.79. The van der Waals surface area contributed by atoms with Gasteiger partial charge in [0.2, 0.25) is 3.79 Å². The van der Waals surface area contributed by atoms with Crippen molar-refractivity contribution in [2.24, 2.45) is 0 Å². The average molecular weight is 436 g/mol. The molecule has 0 saturated heterocycles. The number of anilines is 1. The fourth-order valence-corrected chi connectivity index (χ4v) is 3.64. The lowest BCUT2D eigenvalue weighted by atomic mass is 10.0. The van der Waals surface area contributed by atoms with Crippen molar-refractivity contribution >= 4 is 40.5 Å². The van der Waals surface area contributed by atoms with Crippen molar-refractivity contribution in [3.63, 3.8) is 0 Å². The van der Waals surface area contributed by atoms with Gasteiger partial charge in [0, 0.05) is 16.8 Å². The summed E-state index contributed by atoms with van der Waals surface area (Å²) >= 11 is 18.6. The summed E-state index contributed by atoms with van der Waals surface area (Å²) in [5, 5.41) is 7.71. The van der Waals surface area contributed by atoms with E-state index in [1.54, 1.807) is 0 Å². The molecule has 0 saturated carbocycles. The van der Waals surface area contributed by atoms with Crippen LogP contribution in [0.25, 0.3) is 22.6 Å². The summed E-state index contributed by atoms with van der Waals surface area (Å²) in [5.74, 6) is 0.748. The lowest BCUT2D eigenvalue weighted by Gasteiger charge is -2.34. The SMILES string of the molecule is CC(C)c1ccc(-c2nn3c(nc2=O)-c2ccccc2N[C@H]3C(Cl)(Cl)Cl)cc1. The fraction of sp³-hybridized carbons (Fsp3) is 0.250. The lowest BCUT2D eigenvalue weighted by Crippen LogP contribution is -2.38. The van der Waals surface area contributed by atoms with Gasteiger partial charge in [-0.1, -0.05) is 85.0 Å². The van der Waals surface area contributed by atoms with Gasteiger partial charge in [0.25, 0.3) is 5.56 Å². The van der Waals surface area contributed by atoms with Gasteiger partial charge in [0.1, 0.15) is 0 Å². The molecule has 5 nitrogen and oxygen atoms in total. The Hall–Kier alpha value is -2.08. The standard InChI is InChI=1S/C20H17Cl3N4O/c1-11(2)12-7-9-13(10-8-12)16-18(28)25-17-14-5-3-4-6-15(14)24-19(20(21,22)23)27(17)26-16/h3-11,19,24H,1-2H3/t19-/m1/s1. The normalized spacial score (nSPS) is 15.7. The lowest BCUT2D eigenvalue weighted by molar-refractivity contribution is 0.491. The minimum Gasteiger partial charge on any atom is -0.360 e. The highest BCUT2D eigenvalue weighted by Gasteiger charge is 2.40. The van der Waals surface area contributed by atoms with Crippen molar-refractivity contribution in [2.45, 2.75) is 29.7 Å². The number of aromatic nitrogens is 3. The third-order valence-electron chi connectivity index (χ3n) is 4.70. The number of alkyl halides is 3. The maximum absolute atomic E-state index is 12.8. The summed E-state index contributed by atoms with van der Waals surface area (Å²) in [6.45, 7) is 4.22. The Labute approximate surface area is 177 Å². The number of para-hydroxylation sites is 1. The topological polar surface area (TPSA) is 59.8 Å². The largest absolute Gasteiger partial charge is 0.360 e. The predicted octanol–water partition coefficient (Wildman–Crippen LogP) is 5.39. The van der Waals surface area contributed by atoms with Crippen LogP contribution in [0.15, 0.2) is 53.3 Å². The van der Waals surface area contributed by atoms with Crippen LogP contribution >= 0.6 is 34.8 Å². The predicted molar refractivity (Wildman–Crippen MR) is 114 cm³/mol. The third-order valence-corrected chi connectivity index (χ3v) is 5.32. The number of halogens is 3. The molecule has 1 aliphatic heterocycles. The minimum absolute atomic E-state index is 0.208. The van der Waals surface area contributed by atoms with Gasteiger partial charge in [-0.3, -0.25) is 4.79 Å². The molecule has 0 fully saturated rings. The highest BCUT2D eigenvalue weighted by molar-refractivity contribution is 6.68. The Kier molecular flexibility index (Phi) is 4.86. The molecular weight excluding hydrogens is 419 g/mol. The Morgan fingerprint density at radius 3 is 2.39 bits per heavy atom. The summed E-state index contributed by atoms with van der Waals surface area (Å²) in [6, 6.07) is 15.1. The second kappa shape index (κ2) is 7.07. The maximum Gasteiger partial charge on any atom is 0.300 e. The van der Waals surface area contributed by atoms with Crippen LogP contribution in [0.5, 0.6) is 0 Å². The quantitative estimate of drug-likeness (QED) is 0.548. The van der Waals surface area contributed by atoms with Gasteiger partial charge < -0.3 is 5.32 Å². The smallest absolute Gasteiger partial charge is 0.300 e. The highest BCUT2D eigenvalue weighted by Crippen LogP contribution is 2.44. The first kappa shape index (κ1) is 19.2. The van der Waals surface area contributed by atoms with Crippen LogP contribution in [-0.4, -0.2) is 18.6 Å². The number of nitrogens with one attached hydrogen (secondary N) is 1. The van der Waals surface area contributed by atoms with Crippen LogP contribution in [-0.2, 0) is 0 Å². The Balaban J connectivity index is 1.91. The molecule has 4 rings (SSSR count). The molecule has 28 heavy (non-hydrogen) atoms. The molecule has 0 bridgehead atoms. The monoisotopic (exact) mass is 434 g/mol. The first-order valence-corrected chi connectivity index (χ1v) is 9.93. The molecule has 8 heteroatoms. The number of benzene rings is 2. The summed E-state index contributed by atoms with van der Waals surface area (Å²) < 4.78 is -0.229. The molecule has 2 heterocycles. The van der Waals surface area contributed by atoms with E-state index in [0.29, 0.717) is 17.3 Å². The summed E-state index contributed by atoms with van der Waals surface area (Å²) in [6.07, 6.45) is -0.816. The molecule has 1 atom stereocenters. The van der Waals surface area contributed by atoms with Crippen molar-refractivity contribution in [3.8, 4) is 22.6 Å². The molecule has 1 aromatic heterocycles. The van der Waals surface area contributed by atoms with Crippen LogP contribution in [0.1, 0.15) is 31.5 Å². The van der Waals surface area contributed by atoms with E-state index in [-0.39, 0.29) is 5.69 Å². The van der Waals surface area contributed by atoms with Gasteiger partial charge in [-0.2, -0.15) is 10.1 Å². The molecule has 1 N–H and O–H groups in total. The molecule has 0 unspecified atom stereocenters. The third kappa shape index (κ3) is 3.39. The first-order chi connectivity index (χ1) is 13.3. The minimum atomic E-state index is -1.70. The summed E-state index contributed by atoms with van der Waals surface area (Å²) in [4.78, 5) is 17.1. The molecular formula is C20H17Cl3N4O. The number of rotatable bonds is 2. The molecule has 0 amide bonds. The highest BCUT2D eigenvalue weighted by atomic mass is 35.6. The molecule has 2 aromatic carbocycles. The Morgan fingerprint density at radius 1 is 1.07 bits per heavy atom. The van der Waals surface area contributed by atoms with Crippen molar-refractivity contribution < 1.29 is 0 Å². The van der Waals surface area contributed by atoms with E-state index >= 15 is 0 Å². The van der Waals surface area contributed by atoms with E-state index < -0.39 is 15.5 Å². The van der Waals surface area contributed by atoms with Gasteiger partial charge in [-0.15, -0.1) is 0 Å². The van der Waals surface area contributed by atoms with E-state index in [4.69, 9.17) is 34.8 Å². The van der Waals surface area contributed by atoms with Crippen molar-refractivity contribution in [3.05, 3.63) is 64.4 Å². The average Bonchev–Trinajstić information content (AvgIpc) is 2.66. The van der Waals surface area contributed by atoms with Gasteiger partial charge >= 0.3 is 0 Å². The van der Waals surface area contributed by atoms with Crippen LogP contribution < -0.4 is 10.9 Å². The second-order valence-electron chi connectivity index (χ2n) is 6.94. The van der Waals surface area contributed by atoms with E-state index in [1.807, 2.05) is 48.5 Å². The zero-order valence-electron chi connectivity index (χ0n) is 15.2. The van der Waals surface area contributed by atoms with Crippen molar-refractivity contribution in [1.82, 2.24) is 14.8 Å². The van der Waals surface area contributed by atoms with Crippen LogP contribution in [0.4, 0.5) is 5.69 Å². The summed E-state index contributed by atoms with van der Waals surface area (Å²) in [5.41, 5.74) is 3.06. The van der Waals surface area contributed by atoms with Crippen molar-refractivity contribution in [1.29, 1.82) is 0 Å². The Bertz CT molecular complexity index is 1090. The van der Waals surface area contributed by atoms with E-state index in [0.717, 1.165) is 11.3 Å². The number of nitrogens with zero attached hydrogens (tertiary/aromatic N) is 3. The zero-order chi connectivity index (χ0) is 20.1. The van der Waals surface area contributed by atoms with Gasteiger partial charge in [-0.25, -0.2) is 4.68 Å². The van der Waals surface area contributed by atoms with E-state index in [9.17, 15) is 4.79 Å². The van der Waals surface area contributed by atoms with Gasteiger partial charge in [-0.05, 0) is 23.6 Å². The Morgan fingerprint density at radius 2 is 1.75 bits per heavy atom. The number of hydrogen-bond donors (Lipinski definition) is 1. The van der Waals surface area contributed by atoms with Gasteiger partial charge in [0.15, 0.2) is 17.7 Å². The van der Waals surface area contributed by atoms with Gasteiger partial charge in [0.05, 0.1) is 0 Å². The van der Waals surface area contributed by atoms with Crippen LogP contribution in [0.3, 0.4) is 0 Å². The maximum atomic E-state index is 12.8. The van der Waals surface area contributed by atoms with Crippen LogP contribution in [0, 0.1) is 0 Å². The molecule has 144 valence electrons. The van der Waals surface area contributed by atoms with E-state index in [2.05, 4.69) is 29.2 Å². The molecule has 0 radical (unpaired) electrons. The zero-order valence-corrected chi connectivity index (χ0v) is 17.4. The molecule has 0 spiro atoms.